The van der Waals surface area contributed by atoms with E-state index in [1.54, 1.807) is 12.1 Å². The molecule has 0 saturated carbocycles. The van der Waals surface area contributed by atoms with Gasteiger partial charge in [0.2, 0.25) is 5.91 Å². The van der Waals surface area contributed by atoms with E-state index in [4.69, 9.17) is 11.6 Å². The van der Waals surface area contributed by atoms with Crippen LogP contribution in [0.5, 0.6) is 0 Å². The first-order valence-electron chi connectivity index (χ1n) is 6.36. The van der Waals surface area contributed by atoms with Crippen molar-refractivity contribution in [3.63, 3.8) is 0 Å². The lowest BCUT2D eigenvalue weighted by molar-refractivity contribution is -0.120. The third-order valence-corrected chi connectivity index (χ3v) is 2.90. The zero-order valence-electron chi connectivity index (χ0n) is 11.2. The van der Waals surface area contributed by atoms with E-state index in [0.717, 1.165) is 5.56 Å². The Hall–Kier alpha value is -2.40. The van der Waals surface area contributed by atoms with E-state index in [2.05, 4.69) is 15.6 Å². The maximum absolute atomic E-state index is 11.8. The molecule has 5 nitrogen and oxygen atoms in total. The van der Waals surface area contributed by atoms with Gasteiger partial charge in [-0.2, -0.15) is 0 Å². The summed E-state index contributed by atoms with van der Waals surface area (Å²) in [4.78, 5) is 27.3. The van der Waals surface area contributed by atoms with Gasteiger partial charge >= 0.3 is 0 Å². The number of hydrogen-bond donors (Lipinski definition) is 2. The SMILES string of the molecule is O=C(CNC(=O)c1cccc(Cl)n1)NCc1ccccc1. The Morgan fingerprint density at radius 3 is 2.48 bits per heavy atom. The Kier molecular flexibility index (Phi) is 5.29. The summed E-state index contributed by atoms with van der Waals surface area (Å²) in [6.07, 6.45) is 0. The molecule has 0 aliphatic carbocycles. The number of pyridine rings is 1. The van der Waals surface area contributed by atoms with Crippen LogP contribution in [0.25, 0.3) is 0 Å². The third kappa shape index (κ3) is 4.89. The van der Waals surface area contributed by atoms with E-state index in [1.165, 1.54) is 6.07 Å². The van der Waals surface area contributed by atoms with E-state index in [0.29, 0.717) is 6.54 Å². The summed E-state index contributed by atoms with van der Waals surface area (Å²) in [7, 11) is 0. The van der Waals surface area contributed by atoms with Crippen molar-refractivity contribution in [2.75, 3.05) is 6.54 Å². The van der Waals surface area contributed by atoms with Crippen LogP contribution in [0.15, 0.2) is 48.5 Å². The molecule has 1 heterocycles. The summed E-state index contributed by atoms with van der Waals surface area (Å²) in [6, 6.07) is 14.3. The molecular formula is C15H14ClN3O2. The molecule has 2 rings (SSSR count). The minimum atomic E-state index is -0.438. The highest BCUT2D eigenvalue weighted by atomic mass is 35.5. The number of nitrogens with zero attached hydrogens (tertiary/aromatic N) is 1. The largest absolute Gasteiger partial charge is 0.350 e. The molecule has 0 spiro atoms. The first-order chi connectivity index (χ1) is 10.1. The highest BCUT2D eigenvalue weighted by Gasteiger charge is 2.09. The lowest BCUT2D eigenvalue weighted by Crippen LogP contribution is -2.36. The van der Waals surface area contributed by atoms with Crippen LogP contribution in [-0.4, -0.2) is 23.3 Å². The van der Waals surface area contributed by atoms with Gasteiger partial charge in [0.15, 0.2) is 0 Å². The zero-order chi connectivity index (χ0) is 15.1. The number of nitrogens with one attached hydrogen (secondary N) is 2. The number of carbonyl (C=O) groups is 2. The fourth-order valence-electron chi connectivity index (χ4n) is 1.64. The van der Waals surface area contributed by atoms with Gasteiger partial charge in [0.25, 0.3) is 5.91 Å². The molecule has 0 saturated heterocycles. The van der Waals surface area contributed by atoms with Crippen molar-refractivity contribution >= 4 is 23.4 Å². The van der Waals surface area contributed by atoms with Gasteiger partial charge in [-0.1, -0.05) is 48.0 Å². The van der Waals surface area contributed by atoms with Gasteiger partial charge in [0.05, 0.1) is 6.54 Å². The van der Waals surface area contributed by atoms with Gasteiger partial charge in [-0.3, -0.25) is 9.59 Å². The summed E-state index contributed by atoms with van der Waals surface area (Å²) in [6.45, 7) is 0.310. The van der Waals surface area contributed by atoms with Crippen molar-refractivity contribution in [3.05, 3.63) is 64.9 Å². The van der Waals surface area contributed by atoms with Gasteiger partial charge < -0.3 is 10.6 Å². The van der Waals surface area contributed by atoms with E-state index >= 15 is 0 Å². The molecule has 0 unspecified atom stereocenters. The van der Waals surface area contributed by atoms with Crippen LogP contribution in [0.3, 0.4) is 0 Å². The second-order valence-electron chi connectivity index (χ2n) is 4.29. The van der Waals surface area contributed by atoms with Crippen LogP contribution in [0.2, 0.25) is 5.15 Å². The molecule has 6 heteroatoms. The van der Waals surface area contributed by atoms with Crippen molar-refractivity contribution in [3.8, 4) is 0 Å². The van der Waals surface area contributed by atoms with Crippen LogP contribution < -0.4 is 10.6 Å². The summed E-state index contributed by atoms with van der Waals surface area (Å²) in [5, 5.41) is 5.44. The molecule has 0 fully saturated rings. The van der Waals surface area contributed by atoms with Crippen molar-refractivity contribution < 1.29 is 9.59 Å². The highest BCUT2D eigenvalue weighted by Crippen LogP contribution is 2.04. The first-order valence-corrected chi connectivity index (χ1v) is 6.74. The second-order valence-corrected chi connectivity index (χ2v) is 4.68. The number of amides is 2. The highest BCUT2D eigenvalue weighted by molar-refractivity contribution is 6.29. The van der Waals surface area contributed by atoms with E-state index in [1.807, 2.05) is 30.3 Å². The number of aromatic nitrogens is 1. The lowest BCUT2D eigenvalue weighted by Gasteiger charge is -2.07. The van der Waals surface area contributed by atoms with E-state index in [9.17, 15) is 9.59 Å². The fraction of sp³-hybridized carbons (Fsp3) is 0.133. The molecule has 0 aliphatic heterocycles. The summed E-state index contributed by atoms with van der Waals surface area (Å²) < 4.78 is 0. The third-order valence-electron chi connectivity index (χ3n) is 2.69. The predicted octanol–water partition coefficient (Wildman–Crippen LogP) is 1.78. The van der Waals surface area contributed by atoms with Crippen molar-refractivity contribution in [1.29, 1.82) is 0 Å². The average molecular weight is 304 g/mol. The van der Waals surface area contributed by atoms with E-state index in [-0.39, 0.29) is 23.3 Å². The fourth-order valence-corrected chi connectivity index (χ4v) is 1.81. The molecule has 108 valence electrons. The summed E-state index contributed by atoms with van der Waals surface area (Å²) in [5.74, 6) is -0.707. The molecule has 0 aliphatic rings. The molecule has 1 aromatic heterocycles. The Morgan fingerprint density at radius 2 is 1.76 bits per heavy atom. The summed E-state index contributed by atoms with van der Waals surface area (Å²) >= 11 is 5.70. The summed E-state index contributed by atoms with van der Waals surface area (Å²) in [5.41, 5.74) is 1.17. The van der Waals surface area contributed by atoms with Crippen molar-refractivity contribution in [2.45, 2.75) is 6.54 Å². The minimum Gasteiger partial charge on any atom is -0.350 e. The first kappa shape index (κ1) is 15.0. The Bertz CT molecular complexity index is 632. The number of benzene rings is 1. The maximum Gasteiger partial charge on any atom is 0.270 e. The van der Waals surface area contributed by atoms with Crippen molar-refractivity contribution in [1.82, 2.24) is 15.6 Å². The predicted molar refractivity (Wildman–Crippen MR) is 79.9 cm³/mol. The lowest BCUT2D eigenvalue weighted by atomic mass is 10.2. The van der Waals surface area contributed by atoms with Crippen LogP contribution in [0.1, 0.15) is 16.1 Å². The van der Waals surface area contributed by atoms with Crippen LogP contribution >= 0.6 is 11.6 Å². The van der Waals surface area contributed by atoms with Gasteiger partial charge in [-0.15, -0.1) is 0 Å². The second kappa shape index (κ2) is 7.40. The Labute approximate surface area is 127 Å². The smallest absolute Gasteiger partial charge is 0.270 e. The molecule has 0 bridgehead atoms. The van der Waals surface area contributed by atoms with Gasteiger partial charge in [0.1, 0.15) is 10.8 Å². The van der Waals surface area contributed by atoms with E-state index < -0.39 is 5.91 Å². The average Bonchev–Trinajstić information content (AvgIpc) is 2.51. The Morgan fingerprint density at radius 1 is 1.00 bits per heavy atom. The van der Waals surface area contributed by atoms with Gasteiger partial charge in [-0.25, -0.2) is 4.98 Å². The van der Waals surface area contributed by atoms with Gasteiger partial charge in [-0.05, 0) is 17.7 Å². The quantitative estimate of drug-likeness (QED) is 0.827. The molecule has 21 heavy (non-hydrogen) atoms. The Balaban J connectivity index is 1.77. The minimum absolute atomic E-state index is 0.111. The molecule has 0 atom stereocenters. The van der Waals surface area contributed by atoms with Crippen LogP contribution in [0.4, 0.5) is 0 Å². The van der Waals surface area contributed by atoms with Gasteiger partial charge in [0, 0.05) is 6.54 Å². The van der Waals surface area contributed by atoms with Crippen LogP contribution in [-0.2, 0) is 11.3 Å². The number of carbonyl (C=O) groups excluding carboxylic acids is 2. The zero-order valence-corrected chi connectivity index (χ0v) is 11.9. The molecule has 2 aromatic rings. The molecular weight excluding hydrogens is 290 g/mol. The molecule has 2 N–H and O–H groups in total. The van der Waals surface area contributed by atoms with Crippen LogP contribution in [0, 0.1) is 0 Å². The van der Waals surface area contributed by atoms with Crippen molar-refractivity contribution in [2.24, 2.45) is 0 Å². The number of rotatable bonds is 5. The number of halogens is 1. The molecule has 2 amide bonds. The topological polar surface area (TPSA) is 71.1 Å². The molecule has 1 aromatic carbocycles. The number of hydrogen-bond acceptors (Lipinski definition) is 3. The monoisotopic (exact) mass is 303 g/mol. The molecule has 0 radical (unpaired) electrons. The normalized spacial score (nSPS) is 9.95. The standard InChI is InChI=1S/C15H14ClN3O2/c16-13-8-4-7-12(19-13)15(21)18-10-14(20)17-9-11-5-2-1-3-6-11/h1-8H,9-10H2,(H,17,20)(H,18,21). The maximum atomic E-state index is 11.8.